The Morgan fingerprint density at radius 3 is 2.56 bits per heavy atom. The molecule has 11 heteroatoms. The zero-order valence-electron chi connectivity index (χ0n) is 21.3. The van der Waals surface area contributed by atoms with Crippen molar-refractivity contribution in [3.8, 4) is 0 Å². The molecule has 39 heavy (non-hydrogen) atoms. The predicted molar refractivity (Wildman–Crippen MR) is 143 cm³/mol. The Morgan fingerprint density at radius 1 is 1.18 bits per heavy atom. The Labute approximate surface area is 226 Å². The van der Waals surface area contributed by atoms with Gasteiger partial charge in [0, 0.05) is 6.20 Å². The molecule has 1 aliphatic rings. The molecule has 1 atom stereocenters. The zero-order valence-corrected chi connectivity index (χ0v) is 22.1. The number of pyridine rings is 1. The Kier molecular flexibility index (Phi) is 6.61. The second-order valence-corrected chi connectivity index (χ2v) is 9.93. The number of fused-ring (bicyclic) bond motifs is 1. The van der Waals surface area contributed by atoms with Gasteiger partial charge in [-0.2, -0.15) is 0 Å². The van der Waals surface area contributed by atoms with Crippen molar-refractivity contribution in [2.45, 2.75) is 26.8 Å². The SMILES string of the molecule is C=CCOC(=O)c1sc(N2C(=O)C(=O)C(=C(O)c3nc4c(C)cccn4c3C)C2c2ccc(F)cc2)nc1C. The van der Waals surface area contributed by atoms with E-state index < -0.39 is 35.3 Å². The van der Waals surface area contributed by atoms with Gasteiger partial charge in [-0.15, -0.1) is 0 Å². The molecule has 0 aliphatic carbocycles. The molecule has 0 bridgehead atoms. The minimum atomic E-state index is -1.15. The van der Waals surface area contributed by atoms with Gasteiger partial charge in [-0.3, -0.25) is 14.5 Å². The largest absolute Gasteiger partial charge is 0.505 e. The van der Waals surface area contributed by atoms with Gasteiger partial charge in [0.05, 0.1) is 23.0 Å². The number of ether oxygens (including phenoxy) is 1. The Balaban J connectivity index is 1.71. The third-order valence-corrected chi connectivity index (χ3v) is 7.58. The Bertz CT molecular complexity index is 1700. The van der Waals surface area contributed by atoms with E-state index in [0.29, 0.717) is 22.6 Å². The lowest BCUT2D eigenvalue weighted by molar-refractivity contribution is -0.132. The molecule has 4 heterocycles. The van der Waals surface area contributed by atoms with Gasteiger partial charge in [0.1, 0.15) is 28.6 Å². The van der Waals surface area contributed by atoms with Crippen LogP contribution in [0.2, 0.25) is 0 Å². The molecule has 0 spiro atoms. The van der Waals surface area contributed by atoms with Crippen molar-refractivity contribution >= 4 is 45.5 Å². The highest BCUT2D eigenvalue weighted by molar-refractivity contribution is 7.17. The number of anilines is 1. The number of Topliss-reactive ketones (excluding diaryl/α,β-unsaturated/α-hetero) is 1. The molecule has 1 unspecified atom stereocenters. The summed E-state index contributed by atoms with van der Waals surface area (Å²) in [6, 6.07) is 7.78. The number of benzene rings is 1. The number of aliphatic hydroxyl groups excluding tert-OH is 1. The van der Waals surface area contributed by atoms with Crippen LogP contribution in [0.5, 0.6) is 0 Å². The molecule has 5 rings (SSSR count). The number of carbonyl (C=O) groups excluding carboxylic acids is 3. The fraction of sp³-hybridized carbons (Fsp3) is 0.179. The number of thiazole rings is 1. The first kappa shape index (κ1) is 26.0. The van der Waals surface area contributed by atoms with E-state index in [4.69, 9.17) is 4.74 Å². The van der Waals surface area contributed by atoms with Gasteiger partial charge < -0.3 is 14.2 Å². The number of halogens is 1. The van der Waals surface area contributed by atoms with E-state index in [-0.39, 0.29) is 27.9 Å². The molecular weight excluding hydrogens is 523 g/mol. The van der Waals surface area contributed by atoms with E-state index >= 15 is 0 Å². The molecule has 1 saturated heterocycles. The molecular formula is C28H23FN4O5S. The minimum Gasteiger partial charge on any atom is -0.505 e. The Hall–Kier alpha value is -4.64. The molecule has 198 valence electrons. The van der Waals surface area contributed by atoms with E-state index in [2.05, 4.69) is 16.5 Å². The average Bonchev–Trinajstić information content (AvgIpc) is 3.55. The molecule has 0 saturated carbocycles. The normalized spacial score (nSPS) is 16.7. The van der Waals surface area contributed by atoms with Crippen LogP contribution < -0.4 is 4.90 Å². The third-order valence-electron chi connectivity index (χ3n) is 6.45. The average molecular weight is 547 g/mol. The van der Waals surface area contributed by atoms with Crippen LogP contribution in [0.4, 0.5) is 9.52 Å². The molecule has 1 N–H and O–H groups in total. The number of hydrogen-bond acceptors (Lipinski definition) is 8. The molecule has 1 fully saturated rings. The molecule has 0 radical (unpaired) electrons. The highest BCUT2D eigenvalue weighted by Crippen LogP contribution is 2.44. The molecule has 9 nitrogen and oxygen atoms in total. The van der Waals surface area contributed by atoms with Gasteiger partial charge in [0.15, 0.2) is 10.9 Å². The molecule has 4 aromatic rings. The molecule has 1 aliphatic heterocycles. The number of aliphatic hydroxyl groups is 1. The number of hydrogen-bond donors (Lipinski definition) is 1. The van der Waals surface area contributed by atoms with E-state index in [1.54, 1.807) is 24.4 Å². The van der Waals surface area contributed by atoms with E-state index in [9.17, 15) is 23.9 Å². The van der Waals surface area contributed by atoms with Gasteiger partial charge >= 0.3 is 11.9 Å². The number of amides is 1. The molecule has 3 aromatic heterocycles. The first-order chi connectivity index (χ1) is 18.6. The summed E-state index contributed by atoms with van der Waals surface area (Å²) in [4.78, 5) is 49.6. The fourth-order valence-electron chi connectivity index (χ4n) is 4.54. The molecule has 1 amide bonds. The second-order valence-electron chi connectivity index (χ2n) is 8.95. The maximum Gasteiger partial charge on any atom is 0.350 e. The van der Waals surface area contributed by atoms with Gasteiger partial charge in [0.25, 0.3) is 5.78 Å². The topological polar surface area (TPSA) is 114 Å². The van der Waals surface area contributed by atoms with Gasteiger partial charge in [-0.1, -0.05) is 42.2 Å². The molecule has 1 aromatic carbocycles. The van der Waals surface area contributed by atoms with E-state index in [1.165, 1.54) is 30.3 Å². The summed E-state index contributed by atoms with van der Waals surface area (Å²) >= 11 is 0.876. The van der Waals surface area contributed by atoms with Gasteiger partial charge in [-0.25, -0.2) is 19.2 Å². The summed E-state index contributed by atoms with van der Waals surface area (Å²) in [5.41, 5.74) is 2.57. The second kappa shape index (κ2) is 9.91. The van der Waals surface area contributed by atoms with Crippen molar-refractivity contribution in [3.05, 3.63) is 99.7 Å². The first-order valence-corrected chi connectivity index (χ1v) is 12.7. The van der Waals surface area contributed by atoms with Gasteiger partial charge in [-0.05, 0) is 50.1 Å². The van der Waals surface area contributed by atoms with Crippen LogP contribution in [-0.2, 0) is 14.3 Å². The number of aryl methyl sites for hydroxylation is 3. The van der Waals surface area contributed by atoms with Crippen LogP contribution in [0.25, 0.3) is 11.4 Å². The summed E-state index contributed by atoms with van der Waals surface area (Å²) in [5, 5.41) is 11.6. The van der Waals surface area contributed by atoms with Gasteiger partial charge in [0.2, 0.25) is 0 Å². The van der Waals surface area contributed by atoms with Crippen LogP contribution in [0.3, 0.4) is 0 Å². The van der Waals surface area contributed by atoms with Crippen molar-refractivity contribution < 1.29 is 28.6 Å². The lowest BCUT2D eigenvalue weighted by Crippen LogP contribution is -2.29. The number of nitrogens with zero attached hydrogens (tertiary/aromatic N) is 4. The summed E-state index contributed by atoms with van der Waals surface area (Å²) in [6.45, 7) is 8.69. The van der Waals surface area contributed by atoms with Crippen molar-refractivity contribution in [2.75, 3.05) is 11.5 Å². The highest BCUT2D eigenvalue weighted by atomic mass is 32.1. The van der Waals surface area contributed by atoms with Crippen molar-refractivity contribution in [1.29, 1.82) is 0 Å². The summed E-state index contributed by atoms with van der Waals surface area (Å²) in [6.07, 6.45) is 3.20. The quantitative estimate of drug-likeness (QED) is 0.121. The van der Waals surface area contributed by atoms with Crippen molar-refractivity contribution in [3.63, 3.8) is 0 Å². The van der Waals surface area contributed by atoms with Crippen LogP contribution in [0.1, 0.15) is 43.9 Å². The smallest absolute Gasteiger partial charge is 0.350 e. The number of esters is 1. The predicted octanol–water partition coefficient (Wildman–Crippen LogP) is 4.82. The number of imidazole rings is 1. The lowest BCUT2D eigenvalue weighted by atomic mass is 9.96. The number of carbonyl (C=O) groups is 3. The third kappa shape index (κ3) is 4.30. The fourth-order valence-corrected chi connectivity index (χ4v) is 5.53. The highest BCUT2D eigenvalue weighted by Gasteiger charge is 2.49. The first-order valence-electron chi connectivity index (χ1n) is 11.9. The number of aromatic nitrogens is 3. The summed E-state index contributed by atoms with van der Waals surface area (Å²) in [7, 11) is 0. The monoisotopic (exact) mass is 546 g/mol. The lowest BCUT2D eigenvalue weighted by Gasteiger charge is -2.22. The standard InChI is InChI=1S/C28H23FN4O5S/c1-5-13-38-27(37)24-15(3)30-28(39-24)33-21(17-8-10-18(29)11-9-17)19(23(35)26(33)36)22(34)20-16(4)32-12-6-7-14(2)25(32)31-20/h5-12,21,34H,1,13H2,2-4H3. The minimum absolute atomic E-state index is 0.0105. The Morgan fingerprint density at radius 2 is 1.90 bits per heavy atom. The maximum atomic E-state index is 13.8. The van der Waals surface area contributed by atoms with Crippen LogP contribution >= 0.6 is 11.3 Å². The van der Waals surface area contributed by atoms with E-state index in [1.807, 2.05) is 19.1 Å². The van der Waals surface area contributed by atoms with Crippen LogP contribution in [-0.4, -0.2) is 43.7 Å². The van der Waals surface area contributed by atoms with E-state index in [0.717, 1.165) is 21.8 Å². The summed E-state index contributed by atoms with van der Waals surface area (Å²) in [5.74, 6) is -3.55. The van der Waals surface area contributed by atoms with Crippen molar-refractivity contribution in [1.82, 2.24) is 14.4 Å². The van der Waals surface area contributed by atoms with Crippen LogP contribution in [0, 0.1) is 26.6 Å². The van der Waals surface area contributed by atoms with Crippen LogP contribution in [0.15, 0.2) is 60.8 Å². The summed E-state index contributed by atoms with van der Waals surface area (Å²) < 4.78 is 20.7. The number of rotatable bonds is 6. The zero-order chi connectivity index (χ0) is 28.0. The number of ketones is 1. The van der Waals surface area contributed by atoms with Crippen molar-refractivity contribution in [2.24, 2.45) is 0 Å². The maximum absolute atomic E-state index is 13.8.